The van der Waals surface area contributed by atoms with Gasteiger partial charge in [-0.1, -0.05) is 64.1 Å². The summed E-state index contributed by atoms with van der Waals surface area (Å²) in [4.78, 5) is 4.97. The fourth-order valence-corrected chi connectivity index (χ4v) is 3.52. The van der Waals surface area contributed by atoms with E-state index >= 15 is 0 Å². The van der Waals surface area contributed by atoms with Gasteiger partial charge in [-0.3, -0.25) is 4.99 Å². The van der Waals surface area contributed by atoms with Gasteiger partial charge in [-0.2, -0.15) is 0 Å². The highest BCUT2D eigenvalue weighted by Crippen LogP contribution is 2.27. The molecule has 0 spiro atoms. The lowest BCUT2D eigenvalue weighted by Gasteiger charge is -2.16. The van der Waals surface area contributed by atoms with Gasteiger partial charge in [0.1, 0.15) is 0 Å². The molecule has 0 heterocycles. The van der Waals surface area contributed by atoms with Crippen molar-refractivity contribution in [3.8, 4) is 0 Å². The van der Waals surface area contributed by atoms with Crippen LogP contribution in [-0.2, 0) is 25.7 Å². The van der Waals surface area contributed by atoms with Crippen molar-refractivity contribution < 1.29 is 0 Å². The van der Waals surface area contributed by atoms with Gasteiger partial charge in [0, 0.05) is 17.1 Å². The molecule has 2 nitrogen and oxygen atoms in total. The maximum Gasteiger partial charge on any atom is 0.0696 e. The van der Waals surface area contributed by atoms with Gasteiger partial charge in [0.05, 0.1) is 5.69 Å². The minimum Gasteiger partial charge on any atom is -0.359 e. The number of hydrogen-bond acceptors (Lipinski definition) is 2. The molecule has 27 heavy (non-hydrogen) atoms. The van der Waals surface area contributed by atoms with E-state index in [1.54, 1.807) is 0 Å². The molecule has 2 rings (SSSR count). The number of nitrogens with zero attached hydrogens (tertiary/aromatic N) is 1. The van der Waals surface area contributed by atoms with Gasteiger partial charge in [0.2, 0.25) is 0 Å². The molecule has 0 aliphatic rings. The standard InChI is InChI=1S/C25H34N2/c1-7-20-13-11-14-21(8-2)24(20)26-18(5)17-19(6)27-25-22(9-3)15-12-16-23(25)10-4/h11-17,26H,7-10H2,1-6H3/b18-17-,27-19?. The Bertz CT molecular complexity index is 784. The van der Waals surface area contributed by atoms with Crippen LogP contribution >= 0.6 is 0 Å². The number of hydrogen-bond donors (Lipinski definition) is 1. The summed E-state index contributed by atoms with van der Waals surface area (Å²) < 4.78 is 0. The summed E-state index contributed by atoms with van der Waals surface area (Å²) in [6, 6.07) is 13.1. The Morgan fingerprint density at radius 1 is 0.778 bits per heavy atom. The molecule has 0 bridgehead atoms. The van der Waals surface area contributed by atoms with Crippen molar-refractivity contribution in [1.82, 2.24) is 0 Å². The molecule has 2 aromatic carbocycles. The van der Waals surface area contributed by atoms with E-state index in [2.05, 4.69) is 89.3 Å². The molecule has 144 valence electrons. The molecule has 0 aromatic heterocycles. The monoisotopic (exact) mass is 362 g/mol. The van der Waals surface area contributed by atoms with Gasteiger partial charge in [-0.15, -0.1) is 0 Å². The van der Waals surface area contributed by atoms with Crippen LogP contribution < -0.4 is 5.32 Å². The normalized spacial score (nSPS) is 12.4. The summed E-state index contributed by atoms with van der Waals surface area (Å²) in [5, 5.41) is 3.64. The van der Waals surface area contributed by atoms with Gasteiger partial charge in [-0.25, -0.2) is 0 Å². The summed E-state index contributed by atoms with van der Waals surface area (Å²) in [5.41, 5.74) is 9.92. The third-order valence-corrected chi connectivity index (χ3v) is 5.00. The molecule has 0 aliphatic carbocycles. The molecule has 0 amide bonds. The maximum atomic E-state index is 4.97. The molecule has 1 N–H and O–H groups in total. The van der Waals surface area contributed by atoms with E-state index in [1.807, 2.05) is 0 Å². The van der Waals surface area contributed by atoms with Crippen LogP contribution in [0.3, 0.4) is 0 Å². The first-order valence-corrected chi connectivity index (χ1v) is 10.3. The molecule has 0 saturated heterocycles. The molecule has 0 saturated carbocycles. The van der Waals surface area contributed by atoms with Crippen LogP contribution in [0.15, 0.2) is 53.2 Å². The zero-order chi connectivity index (χ0) is 19.8. The van der Waals surface area contributed by atoms with E-state index in [0.717, 1.165) is 42.8 Å². The Kier molecular flexibility index (Phi) is 7.84. The lowest BCUT2D eigenvalue weighted by atomic mass is 10.0. The second kappa shape index (κ2) is 10.1. The predicted octanol–water partition coefficient (Wildman–Crippen LogP) is 7.04. The minimum atomic E-state index is 1.00. The lowest BCUT2D eigenvalue weighted by Crippen LogP contribution is -2.04. The smallest absolute Gasteiger partial charge is 0.0696 e. The number of rotatable bonds is 8. The summed E-state index contributed by atoms with van der Waals surface area (Å²) in [6.45, 7) is 13.0. The Labute approximate surface area is 165 Å². The Morgan fingerprint density at radius 2 is 1.22 bits per heavy atom. The molecule has 0 unspecified atom stereocenters. The fraction of sp³-hybridized carbons (Fsp3) is 0.400. The minimum absolute atomic E-state index is 1.00. The average Bonchev–Trinajstić information content (AvgIpc) is 2.67. The van der Waals surface area contributed by atoms with Gasteiger partial charge in [0.15, 0.2) is 0 Å². The fourth-order valence-electron chi connectivity index (χ4n) is 3.52. The molecule has 2 aromatic rings. The topological polar surface area (TPSA) is 24.4 Å². The molecule has 0 aliphatic heterocycles. The summed E-state index contributed by atoms with van der Waals surface area (Å²) >= 11 is 0. The highest BCUT2D eigenvalue weighted by atomic mass is 14.9. The van der Waals surface area contributed by atoms with Crippen molar-refractivity contribution >= 4 is 17.1 Å². The second-order valence-corrected chi connectivity index (χ2v) is 7.00. The number of para-hydroxylation sites is 2. The number of aryl methyl sites for hydroxylation is 4. The maximum absolute atomic E-state index is 4.97. The van der Waals surface area contributed by atoms with E-state index < -0.39 is 0 Å². The molecule has 0 atom stereocenters. The third kappa shape index (κ3) is 5.32. The highest BCUT2D eigenvalue weighted by molar-refractivity contribution is 5.96. The van der Waals surface area contributed by atoms with Gasteiger partial charge in [0.25, 0.3) is 0 Å². The van der Waals surface area contributed by atoms with Crippen molar-refractivity contribution in [1.29, 1.82) is 0 Å². The van der Waals surface area contributed by atoms with Gasteiger partial charge >= 0.3 is 0 Å². The van der Waals surface area contributed by atoms with E-state index in [0.29, 0.717) is 0 Å². The molecular formula is C25H34N2. The number of aliphatic imine (C=N–C) groups is 1. The highest BCUT2D eigenvalue weighted by Gasteiger charge is 2.07. The van der Waals surface area contributed by atoms with Crippen LogP contribution in [0, 0.1) is 0 Å². The average molecular weight is 363 g/mol. The molecular weight excluding hydrogens is 328 g/mol. The largest absolute Gasteiger partial charge is 0.359 e. The van der Waals surface area contributed by atoms with Crippen molar-refractivity contribution in [2.24, 2.45) is 4.99 Å². The quantitative estimate of drug-likeness (QED) is 0.500. The zero-order valence-corrected chi connectivity index (χ0v) is 17.8. The summed E-state index contributed by atoms with van der Waals surface area (Å²) in [5.74, 6) is 0. The zero-order valence-electron chi connectivity index (χ0n) is 17.8. The Morgan fingerprint density at radius 3 is 1.67 bits per heavy atom. The second-order valence-electron chi connectivity index (χ2n) is 7.00. The summed E-state index contributed by atoms with van der Waals surface area (Å²) in [6.07, 6.45) is 6.22. The van der Waals surface area contributed by atoms with Crippen molar-refractivity contribution in [2.75, 3.05) is 5.32 Å². The first-order valence-electron chi connectivity index (χ1n) is 10.3. The van der Waals surface area contributed by atoms with Crippen LogP contribution in [0.25, 0.3) is 0 Å². The summed E-state index contributed by atoms with van der Waals surface area (Å²) in [7, 11) is 0. The van der Waals surface area contributed by atoms with Gasteiger partial charge in [-0.05, 0) is 67.9 Å². The first kappa shape index (κ1) is 21.0. The Hall–Kier alpha value is -2.35. The van der Waals surface area contributed by atoms with E-state index in [-0.39, 0.29) is 0 Å². The molecule has 0 radical (unpaired) electrons. The molecule has 0 fully saturated rings. The van der Waals surface area contributed by atoms with Crippen LogP contribution in [0.5, 0.6) is 0 Å². The van der Waals surface area contributed by atoms with Crippen LogP contribution in [0.4, 0.5) is 11.4 Å². The third-order valence-electron chi connectivity index (χ3n) is 5.00. The van der Waals surface area contributed by atoms with Gasteiger partial charge < -0.3 is 5.32 Å². The van der Waals surface area contributed by atoms with Crippen molar-refractivity contribution in [3.63, 3.8) is 0 Å². The SMILES string of the molecule is CCc1cccc(CC)c1N=C(C)/C=C(/C)Nc1c(CC)cccc1CC. The van der Waals surface area contributed by atoms with Crippen molar-refractivity contribution in [2.45, 2.75) is 67.2 Å². The Balaban J connectivity index is 2.33. The lowest BCUT2D eigenvalue weighted by molar-refractivity contribution is 1.08. The molecule has 2 heteroatoms. The van der Waals surface area contributed by atoms with E-state index in [9.17, 15) is 0 Å². The number of nitrogens with one attached hydrogen (secondary N) is 1. The van der Waals surface area contributed by atoms with Crippen LogP contribution in [0.2, 0.25) is 0 Å². The predicted molar refractivity (Wildman–Crippen MR) is 121 cm³/mol. The number of benzene rings is 2. The van der Waals surface area contributed by atoms with E-state index in [4.69, 9.17) is 4.99 Å². The van der Waals surface area contributed by atoms with Crippen molar-refractivity contribution in [3.05, 3.63) is 70.4 Å². The number of anilines is 1. The van der Waals surface area contributed by atoms with E-state index in [1.165, 1.54) is 27.9 Å². The van der Waals surface area contributed by atoms with Crippen LogP contribution in [-0.4, -0.2) is 5.71 Å². The van der Waals surface area contributed by atoms with Crippen LogP contribution in [0.1, 0.15) is 63.8 Å². The first-order chi connectivity index (χ1) is 13.0. The number of allylic oxidation sites excluding steroid dienone is 2.